The molecule has 1 unspecified atom stereocenters. The van der Waals surface area contributed by atoms with Gasteiger partial charge in [-0.25, -0.2) is 4.79 Å². The maximum Gasteiger partial charge on any atom is 0.332 e. The molecule has 20 heavy (non-hydrogen) atoms. The summed E-state index contributed by atoms with van der Waals surface area (Å²) < 4.78 is 5.03. The number of benzene rings is 1. The Morgan fingerprint density at radius 3 is 2.55 bits per heavy atom. The van der Waals surface area contributed by atoms with Crippen LogP contribution < -0.4 is 10.1 Å². The number of carboxylic acids is 1. The van der Waals surface area contributed by atoms with Gasteiger partial charge in [-0.3, -0.25) is 4.79 Å². The van der Waals surface area contributed by atoms with Crippen molar-refractivity contribution in [1.82, 2.24) is 5.32 Å². The number of thioether (sulfide) groups is 1. The van der Waals surface area contributed by atoms with Crippen LogP contribution in [0.15, 0.2) is 29.2 Å². The van der Waals surface area contributed by atoms with E-state index < -0.39 is 12.1 Å². The summed E-state index contributed by atoms with van der Waals surface area (Å²) in [6, 6.07) is 7.32. The van der Waals surface area contributed by atoms with Gasteiger partial charge in [-0.15, -0.1) is 11.8 Å². The van der Waals surface area contributed by atoms with E-state index in [1.165, 1.54) is 11.8 Å². The third-order valence-corrected chi connectivity index (χ3v) is 3.47. The quantitative estimate of drug-likeness (QED) is 0.613. The number of ether oxygens (including phenoxy) is 1. The molecule has 110 valence electrons. The van der Waals surface area contributed by atoms with Crippen LogP contribution >= 0.6 is 11.8 Å². The number of hydrogen-bond acceptors (Lipinski definition) is 5. The number of nitrogens with one attached hydrogen (secondary N) is 1. The molecular formula is C13H17NO5S. The number of carbonyl (C=O) groups excluding carboxylic acids is 1. The van der Waals surface area contributed by atoms with Crippen LogP contribution in [0.5, 0.6) is 5.75 Å². The molecule has 0 aliphatic rings. The summed E-state index contributed by atoms with van der Waals surface area (Å²) in [4.78, 5) is 22.8. The first-order chi connectivity index (χ1) is 9.52. The Morgan fingerprint density at radius 1 is 1.35 bits per heavy atom. The van der Waals surface area contributed by atoms with Gasteiger partial charge in [0.2, 0.25) is 5.91 Å². The fourth-order valence-electron chi connectivity index (χ4n) is 1.34. The molecule has 0 bridgehead atoms. The number of aliphatic hydroxyl groups is 1. The molecule has 0 aliphatic heterocycles. The van der Waals surface area contributed by atoms with Crippen LogP contribution in [0.1, 0.15) is 6.42 Å². The predicted octanol–water partition coefficient (Wildman–Crippen LogP) is 0.739. The Labute approximate surface area is 121 Å². The molecule has 1 rings (SSSR count). The van der Waals surface area contributed by atoms with Crippen molar-refractivity contribution in [2.75, 3.05) is 19.4 Å². The molecular weight excluding hydrogens is 282 g/mol. The van der Waals surface area contributed by atoms with Crippen molar-refractivity contribution in [2.24, 2.45) is 0 Å². The lowest BCUT2D eigenvalue weighted by atomic mass is 10.2. The summed E-state index contributed by atoms with van der Waals surface area (Å²) in [5.41, 5.74) is 0. The van der Waals surface area contributed by atoms with Gasteiger partial charge in [0.15, 0.2) is 6.10 Å². The van der Waals surface area contributed by atoms with Crippen LogP contribution in [-0.4, -0.2) is 47.6 Å². The zero-order chi connectivity index (χ0) is 15.0. The van der Waals surface area contributed by atoms with Crippen LogP contribution in [0.2, 0.25) is 0 Å². The highest BCUT2D eigenvalue weighted by Crippen LogP contribution is 2.20. The zero-order valence-electron chi connectivity index (χ0n) is 11.0. The van der Waals surface area contributed by atoms with E-state index in [0.717, 1.165) is 10.6 Å². The fourth-order valence-corrected chi connectivity index (χ4v) is 2.07. The summed E-state index contributed by atoms with van der Waals surface area (Å²) in [5.74, 6) is -0.508. The molecule has 1 atom stereocenters. The summed E-state index contributed by atoms with van der Waals surface area (Å²) in [6.07, 6.45) is -1.45. The normalized spacial score (nSPS) is 11.7. The Bertz CT molecular complexity index is 449. The number of amides is 1. The van der Waals surface area contributed by atoms with Gasteiger partial charge in [-0.2, -0.15) is 0 Å². The number of hydrogen-bond donors (Lipinski definition) is 3. The van der Waals surface area contributed by atoms with Crippen LogP contribution in [0.3, 0.4) is 0 Å². The molecule has 6 nitrogen and oxygen atoms in total. The van der Waals surface area contributed by atoms with Gasteiger partial charge in [0.25, 0.3) is 0 Å². The number of carboxylic acid groups (broad SMARTS) is 1. The molecule has 0 heterocycles. The largest absolute Gasteiger partial charge is 0.497 e. The van der Waals surface area contributed by atoms with Crippen molar-refractivity contribution < 1.29 is 24.5 Å². The van der Waals surface area contributed by atoms with E-state index in [4.69, 9.17) is 14.9 Å². The van der Waals surface area contributed by atoms with Crippen molar-refractivity contribution in [2.45, 2.75) is 17.4 Å². The molecule has 3 N–H and O–H groups in total. The minimum atomic E-state index is -1.44. The minimum Gasteiger partial charge on any atom is -0.497 e. The van der Waals surface area contributed by atoms with Crippen molar-refractivity contribution in [3.63, 3.8) is 0 Å². The summed E-state index contributed by atoms with van der Waals surface area (Å²) in [7, 11) is 1.58. The lowest BCUT2D eigenvalue weighted by molar-refractivity contribution is -0.147. The van der Waals surface area contributed by atoms with Gasteiger partial charge < -0.3 is 20.3 Å². The van der Waals surface area contributed by atoms with Gasteiger partial charge in [-0.05, 0) is 24.3 Å². The smallest absolute Gasteiger partial charge is 0.332 e. The van der Waals surface area contributed by atoms with E-state index in [1.54, 1.807) is 7.11 Å². The average Bonchev–Trinajstić information content (AvgIpc) is 2.45. The summed E-state index contributed by atoms with van der Waals surface area (Å²) in [6.45, 7) is 0.134. The Morgan fingerprint density at radius 2 is 2.00 bits per heavy atom. The molecule has 0 fully saturated rings. The molecule has 1 aromatic carbocycles. The summed E-state index contributed by atoms with van der Waals surface area (Å²) >= 11 is 1.37. The van der Waals surface area contributed by atoms with E-state index in [2.05, 4.69) is 5.32 Å². The third-order valence-electron chi connectivity index (χ3n) is 2.45. The number of rotatable bonds is 8. The first-order valence-electron chi connectivity index (χ1n) is 5.97. The van der Waals surface area contributed by atoms with Gasteiger partial charge in [-0.1, -0.05) is 0 Å². The lowest BCUT2D eigenvalue weighted by Gasteiger charge is -2.07. The van der Waals surface area contributed by atoms with Crippen molar-refractivity contribution in [1.29, 1.82) is 0 Å². The molecule has 7 heteroatoms. The van der Waals surface area contributed by atoms with Gasteiger partial charge in [0.1, 0.15) is 5.75 Å². The highest BCUT2D eigenvalue weighted by molar-refractivity contribution is 8.00. The van der Waals surface area contributed by atoms with E-state index in [-0.39, 0.29) is 24.6 Å². The standard InChI is InChI=1S/C13H17NO5S/c1-19-9-2-4-10(5-3-9)20-8-12(16)14-7-6-11(15)13(17)18/h2-5,11,15H,6-8H2,1H3,(H,14,16)(H,17,18). The van der Waals surface area contributed by atoms with Gasteiger partial charge in [0, 0.05) is 17.9 Å². The monoisotopic (exact) mass is 299 g/mol. The lowest BCUT2D eigenvalue weighted by Crippen LogP contribution is -2.31. The summed E-state index contributed by atoms with van der Waals surface area (Å²) in [5, 5.41) is 20.0. The van der Waals surface area contributed by atoms with Crippen molar-refractivity contribution in [3.05, 3.63) is 24.3 Å². The Hall–Kier alpha value is -1.73. The maximum absolute atomic E-state index is 11.5. The number of carbonyl (C=O) groups is 2. The topological polar surface area (TPSA) is 95.9 Å². The Kier molecular flexibility index (Phi) is 6.89. The second-order valence-corrected chi connectivity index (χ2v) is 5.01. The van der Waals surface area contributed by atoms with E-state index >= 15 is 0 Å². The highest BCUT2D eigenvalue weighted by atomic mass is 32.2. The van der Waals surface area contributed by atoms with Crippen LogP contribution in [0, 0.1) is 0 Å². The molecule has 0 aromatic heterocycles. The molecule has 0 saturated heterocycles. The van der Waals surface area contributed by atoms with Crippen LogP contribution in [0.4, 0.5) is 0 Å². The fraction of sp³-hybridized carbons (Fsp3) is 0.385. The van der Waals surface area contributed by atoms with Crippen molar-refractivity contribution in [3.8, 4) is 5.75 Å². The highest BCUT2D eigenvalue weighted by Gasteiger charge is 2.12. The van der Waals surface area contributed by atoms with Gasteiger partial charge in [0.05, 0.1) is 12.9 Å². The second kappa shape index (κ2) is 8.44. The molecule has 1 aromatic rings. The Balaban J connectivity index is 2.23. The SMILES string of the molecule is COc1ccc(SCC(=O)NCCC(O)C(=O)O)cc1. The number of methoxy groups -OCH3 is 1. The second-order valence-electron chi connectivity index (χ2n) is 3.96. The van der Waals surface area contributed by atoms with Gasteiger partial charge >= 0.3 is 5.97 Å². The van der Waals surface area contributed by atoms with E-state index in [1.807, 2.05) is 24.3 Å². The number of aliphatic carboxylic acids is 1. The molecule has 0 aliphatic carbocycles. The number of aliphatic hydroxyl groups excluding tert-OH is 1. The first-order valence-corrected chi connectivity index (χ1v) is 6.96. The molecule has 0 spiro atoms. The molecule has 1 amide bonds. The third kappa shape index (κ3) is 5.94. The first kappa shape index (κ1) is 16.3. The van der Waals surface area contributed by atoms with E-state index in [9.17, 15) is 9.59 Å². The zero-order valence-corrected chi connectivity index (χ0v) is 11.9. The minimum absolute atomic E-state index is 0.00568. The predicted molar refractivity (Wildman–Crippen MR) is 75.0 cm³/mol. The van der Waals surface area contributed by atoms with E-state index in [0.29, 0.717) is 0 Å². The average molecular weight is 299 g/mol. The van der Waals surface area contributed by atoms with Crippen LogP contribution in [0.25, 0.3) is 0 Å². The van der Waals surface area contributed by atoms with Crippen molar-refractivity contribution >= 4 is 23.6 Å². The molecule has 0 saturated carbocycles. The van der Waals surface area contributed by atoms with Crippen LogP contribution in [-0.2, 0) is 9.59 Å². The maximum atomic E-state index is 11.5. The molecule has 0 radical (unpaired) electrons.